The van der Waals surface area contributed by atoms with Crippen molar-refractivity contribution in [1.82, 2.24) is 9.66 Å². The highest BCUT2D eigenvalue weighted by atomic mass is 35.5. The molecule has 0 aliphatic heterocycles. The number of furan rings is 1. The molecule has 2 aromatic heterocycles. The van der Waals surface area contributed by atoms with Crippen molar-refractivity contribution < 1.29 is 23.1 Å². The van der Waals surface area contributed by atoms with Crippen LogP contribution in [-0.2, 0) is 11.2 Å². The van der Waals surface area contributed by atoms with Gasteiger partial charge in [0.25, 0.3) is 11.5 Å². The van der Waals surface area contributed by atoms with E-state index < -0.39 is 11.7 Å². The Morgan fingerprint density at radius 3 is 2.70 bits per heavy atom. The fraction of sp³-hybridized carbons (Fsp3) is 0.0857. The highest BCUT2D eigenvalue weighted by Crippen LogP contribution is 2.34. The van der Waals surface area contributed by atoms with E-state index in [0.29, 0.717) is 62.0 Å². The first-order valence-corrected chi connectivity index (χ1v) is 14.5. The van der Waals surface area contributed by atoms with Crippen LogP contribution in [0.5, 0.6) is 11.5 Å². The lowest BCUT2D eigenvalue weighted by molar-refractivity contribution is -0.118. The SMILES string of the molecule is C=CCc1cc(C=Nn2c(-c3cc4cc(Cl)ccc4o3)nc3ccccc3c2=O)cc(OC)c1OCC(=O)Nc1ccc(F)cc1. The number of ether oxygens (including phenoxy) is 2. The van der Waals surface area contributed by atoms with E-state index in [1.165, 1.54) is 42.3 Å². The van der Waals surface area contributed by atoms with E-state index in [-0.39, 0.29) is 18.0 Å². The maximum atomic E-state index is 13.7. The lowest BCUT2D eigenvalue weighted by Crippen LogP contribution is -2.21. The van der Waals surface area contributed by atoms with Gasteiger partial charge in [0.05, 0.1) is 24.2 Å². The van der Waals surface area contributed by atoms with E-state index >= 15 is 0 Å². The standard InChI is InChI=1S/C35H26ClFN4O5/c1-3-6-22-15-21(16-30(44-2)33(22)45-20-32(42)39-26-12-10-25(37)11-13-26)19-38-41-34(40-28-8-5-4-7-27(28)35(41)43)31-18-23-17-24(36)9-14-29(23)46-31/h3-5,7-19H,1,6,20H2,2H3,(H,39,42). The monoisotopic (exact) mass is 636 g/mol. The summed E-state index contributed by atoms with van der Waals surface area (Å²) >= 11 is 6.18. The molecule has 0 saturated carbocycles. The summed E-state index contributed by atoms with van der Waals surface area (Å²) in [6, 6.07) is 22.9. The van der Waals surface area contributed by atoms with Gasteiger partial charge in [-0.15, -0.1) is 6.58 Å². The van der Waals surface area contributed by atoms with Crippen molar-refractivity contribution in [3.05, 3.63) is 130 Å². The van der Waals surface area contributed by atoms with Crippen molar-refractivity contribution in [3.8, 4) is 23.1 Å². The maximum Gasteiger partial charge on any atom is 0.282 e. The van der Waals surface area contributed by atoms with Crippen molar-refractivity contribution >= 4 is 51.3 Å². The van der Waals surface area contributed by atoms with Crippen LogP contribution >= 0.6 is 11.6 Å². The lowest BCUT2D eigenvalue weighted by atomic mass is 10.1. The highest BCUT2D eigenvalue weighted by Gasteiger charge is 2.18. The zero-order valence-electron chi connectivity index (χ0n) is 24.5. The van der Waals surface area contributed by atoms with E-state index in [2.05, 4.69) is 17.0 Å². The van der Waals surface area contributed by atoms with Crippen LogP contribution in [0.2, 0.25) is 5.02 Å². The molecule has 230 valence electrons. The number of amides is 1. The number of halogens is 2. The first-order valence-electron chi connectivity index (χ1n) is 14.1. The number of para-hydroxylation sites is 1. The number of aromatic nitrogens is 2. The molecule has 6 rings (SSSR count). The van der Waals surface area contributed by atoms with E-state index in [1.807, 2.05) is 0 Å². The number of fused-ring (bicyclic) bond motifs is 2. The average molecular weight is 637 g/mol. The van der Waals surface area contributed by atoms with Crippen molar-refractivity contribution in [2.45, 2.75) is 6.42 Å². The van der Waals surface area contributed by atoms with E-state index in [1.54, 1.807) is 66.7 Å². The molecule has 0 fully saturated rings. The number of anilines is 1. The van der Waals surface area contributed by atoms with Gasteiger partial charge in [0.2, 0.25) is 5.82 Å². The molecular formula is C35H26ClFN4O5. The van der Waals surface area contributed by atoms with Crippen LogP contribution in [-0.4, -0.2) is 35.5 Å². The maximum absolute atomic E-state index is 13.7. The summed E-state index contributed by atoms with van der Waals surface area (Å²) in [5.41, 5.74) is 2.37. The molecule has 2 heterocycles. The van der Waals surface area contributed by atoms with Gasteiger partial charge < -0.3 is 19.2 Å². The molecule has 1 amide bonds. The zero-order valence-corrected chi connectivity index (χ0v) is 25.3. The molecule has 0 atom stereocenters. The average Bonchev–Trinajstić information content (AvgIpc) is 3.48. The summed E-state index contributed by atoms with van der Waals surface area (Å²) in [6.45, 7) is 3.51. The molecule has 0 radical (unpaired) electrons. The fourth-order valence-corrected chi connectivity index (χ4v) is 5.07. The number of methoxy groups -OCH3 is 1. The second-order valence-corrected chi connectivity index (χ2v) is 10.6. The minimum absolute atomic E-state index is 0.206. The Labute approximate surface area is 267 Å². The molecule has 46 heavy (non-hydrogen) atoms. The lowest BCUT2D eigenvalue weighted by Gasteiger charge is -2.16. The predicted octanol–water partition coefficient (Wildman–Crippen LogP) is 7.24. The first kappa shape index (κ1) is 30.3. The summed E-state index contributed by atoms with van der Waals surface area (Å²) < 4.78 is 31.9. The van der Waals surface area contributed by atoms with Crippen molar-refractivity contribution in [3.63, 3.8) is 0 Å². The first-order chi connectivity index (χ1) is 22.3. The molecule has 9 nitrogen and oxygen atoms in total. The topological polar surface area (TPSA) is 108 Å². The number of nitrogens with one attached hydrogen (secondary N) is 1. The number of nitrogens with zero attached hydrogens (tertiary/aromatic N) is 3. The van der Waals surface area contributed by atoms with Gasteiger partial charge in [-0.3, -0.25) is 9.59 Å². The summed E-state index contributed by atoms with van der Waals surface area (Å²) in [5.74, 6) is 0.387. The van der Waals surface area contributed by atoms with Crippen LogP contribution in [0.25, 0.3) is 33.5 Å². The van der Waals surface area contributed by atoms with E-state index in [4.69, 9.17) is 30.5 Å². The molecule has 0 unspecified atom stereocenters. The van der Waals surface area contributed by atoms with Gasteiger partial charge in [-0.1, -0.05) is 29.8 Å². The molecule has 1 N–H and O–H groups in total. The van der Waals surface area contributed by atoms with Crippen molar-refractivity contribution in [1.29, 1.82) is 0 Å². The van der Waals surface area contributed by atoms with Crippen molar-refractivity contribution in [2.75, 3.05) is 19.0 Å². The van der Waals surface area contributed by atoms with Crippen LogP contribution < -0.4 is 20.3 Å². The fourth-order valence-electron chi connectivity index (χ4n) is 4.89. The Morgan fingerprint density at radius 2 is 1.91 bits per heavy atom. The largest absolute Gasteiger partial charge is 0.493 e. The Balaban J connectivity index is 1.35. The molecule has 0 saturated heterocycles. The summed E-state index contributed by atoms with van der Waals surface area (Å²) in [6.07, 6.45) is 3.57. The molecule has 0 bridgehead atoms. The zero-order chi connectivity index (χ0) is 32.2. The number of carbonyl (C=O) groups excluding carboxylic acids is 1. The number of allylic oxidation sites excluding steroid dienone is 1. The summed E-state index contributed by atoms with van der Waals surface area (Å²) in [4.78, 5) is 31.0. The minimum Gasteiger partial charge on any atom is -0.493 e. The van der Waals surface area contributed by atoms with Crippen LogP contribution in [0.3, 0.4) is 0 Å². The van der Waals surface area contributed by atoms with E-state index in [9.17, 15) is 14.0 Å². The van der Waals surface area contributed by atoms with Crippen LogP contribution in [0, 0.1) is 5.82 Å². The molecular weight excluding hydrogens is 611 g/mol. The second-order valence-electron chi connectivity index (χ2n) is 10.2. The smallest absolute Gasteiger partial charge is 0.282 e. The molecule has 0 aliphatic rings. The molecule has 4 aromatic carbocycles. The molecule has 0 aliphatic carbocycles. The Kier molecular flexibility index (Phi) is 8.62. The van der Waals surface area contributed by atoms with Gasteiger partial charge in [-0.05, 0) is 84.8 Å². The highest BCUT2D eigenvalue weighted by molar-refractivity contribution is 6.31. The van der Waals surface area contributed by atoms with Gasteiger partial charge in [0.1, 0.15) is 11.4 Å². The molecule has 0 spiro atoms. The molecule has 11 heteroatoms. The van der Waals surface area contributed by atoms with Crippen molar-refractivity contribution in [2.24, 2.45) is 5.10 Å². The Bertz CT molecular complexity index is 2190. The number of carbonyl (C=O) groups is 1. The third kappa shape index (κ3) is 6.38. The minimum atomic E-state index is -0.438. The van der Waals surface area contributed by atoms with Gasteiger partial charge in [-0.2, -0.15) is 9.78 Å². The van der Waals surface area contributed by atoms with Gasteiger partial charge >= 0.3 is 0 Å². The van der Waals surface area contributed by atoms with E-state index in [0.717, 1.165) is 5.39 Å². The Hall–Kier alpha value is -5.74. The van der Waals surface area contributed by atoms with Gasteiger partial charge in [0.15, 0.2) is 23.9 Å². The number of rotatable bonds is 10. The van der Waals surface area contributed by atoms with Crippen LogP contribution in [0.1, 0.15) is 11.1 Å². The normalized spacial score (nSPS) is 11.3. The summed E-state index contributed by atoms with van der Waals surface area (Å²) in [7, 11) is 1.48. The number of hydrogen-bond acceptors (Lipinski definition) is 7. The molecule has 6 aromatic rings. The van der Waals surface area contributed by atoms with Gasteiger partial charge in [0, 0.05) is 21.7 Å². The predicted molar refractivity (Wildman–Crippen MR) is 177 cm³/mol. The summed E-state index contributed by atoms with van der Waals surface area (Å²) in [5, 5.41) is 8.89. The van der Waals surface area contributed by atoms with Gasteiger partial charge in [-0.25, -0.2) is 9.37 Å². The Morgan fingerprint density at radius 1 is 1.11 bits per heavy atom. The third-order valence-corrected chi connectivity index (χ3v) is 7.22. The van der Waals surface area contributed by atoms with Crippen LogP contribution in [0.15, 0.2) is 112 Å². The van der Waals surface area contributed by atoms with Crippen LogP contribution in [0.4, 0.5) is 10.1 Å². The second kappa shape index (κ2) is 13.1. The number of hydrogen-bond donors (Lipinski definition) is 1. The number of benzene rings is 4. The quantitative estimate of drug-likeness (QED) is 0.125. The third-order valence-electron chi connectivity index (χ3n) is 6.99.